The molecule has 0 saturated carbocycles. The molecule has 0 saturated heterocycles. The number of hydrogen-bond acceptors (Lipinski definition) is 2. The van der Waals surface area contributed by atoms with Crippen molar-refractivity contribution in [3.8, 4) is 0 Å². The van der Waals surface area contributed by atoms with Gasteiger partial charge in [0, 0.05) is 12.8 Å². The van der Waals surface area contributed by atoms with Gasteiger partial charge in [-0.3, -0.25) is 0 Å². The number of aromatic nitrogens is 1. The van der Waals surface area contributed by atoms with Crippen molar-refractivity contribution < 1.29 is 4.52 Å². The van der Waals surface area contributed by atoms with Gasteiger partial charge in [0.25, 0.3) is 0 Å². The van der Waals surface area contributed by atoms with Crippen molar-refractivity contribution in [2.45, 2.75) is 12.8 Å². The standard InChI is InChI=1S/C9H10NO/c1-3-5-8-7-9(6-4-2)11-10-8/h3-4H,1-2,5-6H2. The first-order chi connectivity index (χ1) is 5.36. The molecule has 0 fully saturated rings. The van der Waals surface area contributed by atoms with Gasteiger partial charge in [0.05, 0.1) is 11.8 Å². The van der Waals surface area contributed by atoms with Gasteiger partial charge in [-0.2, -0.15) is 0 Å². The maximum atomic E-state index is 4.93. The smallest absolute Gasteiger partial charge is 0.148 e. The van der Waals surface area contributed by atoms with Crippen LogP contribution in [-0.4, -0.2) is 5.16 Å². The van der Waals surface area contributed by atoms with Gasteiger partial charge in [0.2, 0.25) is 0 Å². The second kappa shape index (κ2) is 3.76. The highest BCUT2D eigenvalue weighted by Crippen LogP contribution is 2.04. The molecule has 11 heavy (non-hydrogen) atoms. The average Bonchev–Trinajstić information content (AvgIpc) is 2.38. The molecule has 0 spiro atoms. The maximum Gasteiger partial charge on any atom is 0.148 e. The van der Waals surface area contributed by atoms with Crippen LogP contribution in [0.1, 0.15) is 11.5 Å². The summed E-state index contributed by atoms with van der Waals surface area (Å²) in [7, 11) is 0. The van der Waals surface area contributed by atoms with Crippen molar-refractivity contribution in [3.63, 3.8) is 0 Å². The Balaban J connectivity index is 2.64. The molecule has 1 aromatic heterocycles. The van der Waals surface area contributed by atoms with Gasteiger partial charge in [-0.1, -0.05) is 17.3 Å². The molecule has 0 amide bonds. The minimum absolute atomic E-state index is 0.685. The van der Waals surface area contributed by atoms with Gasteiger partial charge in [0.15, 0.2) is 0 Å². The third kappa shape index (κ3) is 2.08. The molecule has 0 bridgehead atoms. The predicted octanol–water partition coefficient (Wildman–Crippen LogP) is 1.93. The normalized spacial score (nSPS) is 9.45. The Bertz CT molecular complexity index is 225. The maximum absolute atomic E-state index is 4.93. The van der Waals surface area contributed by atoms with Crippen LogP contribution in [0.15, 0.2) is 29.8 Å². The summed E-state index contributed by atoms with van der Waals surface area (Å²) >= 11 is 0. The molecule has 2 heteroatoms. The topological polar surface area (TPSA) is 26.0 Å². The molecule has 0 atom stereocenters. The Morgan fingerprint density at radius 1 is 1.36 bits per heavy atom. The Labute approximate surface area is 66.2 Å². The number of allylic oxidation sites excluding steroid dienone is 2. The van der Waals surface area contributed by atoms with Crippen LogP contribution in [-0.2, 0) is 12.8 Å². The molecule has 0 aliphatic carbocycles. The summed E-state index contributed by atoms with van der Waals surface area (Å²) in [6, 6.07) is 2.99. The third-order valence-corrected chi connectivity index (χ3v) is 1.22. The first kappa shape index (κ1) is 7.79. The zero-order chi connectivity index (χ0) is 8.10. The summed E-state index contributed by atoms with van der Waals surface area (Å²) in [5.74, 6) is 0.733. The fourth-order valence-electron chi connectivity index (χ4n) is 0.761. The minimum Gasteiger partial charge on any atom is -0.360 e. The first-order valence-electron chi connectivity index (χ1n) is 3.45. The summed E-state index contributed by atoms with van der Waals surface area (Å²) in [6.07, 6.45) is 4.92. The fraction of sp³-hybridized carbons (Fsp3) is 0.222. The number of hydrogen-bond donors (Lipinski definition) is 0. The Kier molecular flexibility index (Phi) is 2.66. The molecule has 0 aliphatic heterocycles. The van der Waals surface area contributed by atoms with Crippen LogP contribution >= 0.6 is 0 Å². The highest BCUT2D eigenvalue weighted by Gasteiger charge is 2.00. The predicted molar refractivity (Wildman–Crippen MR) is 43.1 cm³/mol. The van der Waals surface area contributed by atoms with Crippen LogP contribution in [0.25, 0.3) is 0 Å². The van der Waals surface area contributed by atoms with Crippen molar-refractivity contribution in [1.82, 2.24) is 5.16 Å². The molecule has 2 nitrogen and oxygen atoms in total. The van der Waals surface area contributed by atoms with E-state index >= 15 is 0 Å². The lowest BCUT2D eigenvalue weighted by Crippen LogP contribution is -1.77. The first-order valence-corrected chi connectivity index (χ1v) is 3.45. The molecule has 1 radical (unpaired) electrons. The quantitative estimate of drug-likeness (QED) is 0.610. The summed E-state index contributed by atoms with van der Waals surface area (Å²) < 4.78 is 4.93. The monoisotopic (exact) mass is 148 g/mol. The molecule has 0 unspecified atom stereocenters. The van der Waals surface area contributed by atoms with Gasteiger partial charge in [-0.05, 0) is 0 Å². The van der Waals surface area contributed by atoms with E-state index in [0.29, 0.717) is 12.8 Å². The van der Waals surface area contributed by atoms with Crippen LogP contribution in [0, 0.1) is 6.07 Å². The van der Waals surface area contributed by atoms with Crippen LogP contribution in [0.3, 0.4) is 0 Å². The minimum atomic E-state index is 0.685. The Morgan fingerprint density at radius 2 is 2.09 bits per heavy atom. The van der Waals surface area contributed by atoms with E-state index in [0.717, 1.165) is 11.5 Å². The lowest BCUT2D eigenvalue weighted by atomic mass is 10.2. The van der Waals surface area contributed by atoms with Crippen LogP contribution in [0.2, 0.25) is 0 Å². The van der Waals surface area contributed by atoms with E-state index < -0.39 is 0 Å². The molecule has 1 rings (SSSR count). The second-order valence-electron chi connectivity index (χ2n) is 2.16. The summed E-state index contributed by atoms with van der Waals surface area (Å²) in [4.78, 5) is 0. The van der Waals surface area contributed by atoms with Gasteiger partial charge >= 0.3 is 0 Å². The van der Waals surface area contributed by atoms with Crippen LogP contribution in [0.4, 0.5) is 0 Å². The second-order valence-corrected chi connectivity index (χ2v) is 2.16. The Morgan fingerprint density at radius 3 is 2.73 bits per heavy atom. The zero-order valence-corrected chi connectivity index (χ0v) is 6.34. The van der Waals surface area contributed by atoms with Gasteiger partial charge < -0.3 is 4.52 Å². The van der Waals surface area contributed by atoms with Crippen molar-refractivity contribution in [2.24, 2.45) is 0 Å². The molecule has 0 aliphatic rings. The van der Waals surface area contributed by atoms with E-state index in [1.54, 1.807) is 12.2 Å². The van der Waals surface area contributed by atoms with Gasteiger partial charge in [-0.15, -0.1) is 13.2 Å². The van der Waals surface area contributed by atoms with Crippen LogP contribution < -0.4 is 0 Å². The molecule has 1 heterocycles. The number of rotatable bonds is 4. The average molecular weight is 148 g/mol. The molecule has 1 aromatic rings. The van der Waals surface area contributed by atoms with Crippen molar-refractivity contribution in [3.05, 3.63) is 42.8 Å². The third-order valence-electron chi connectivity index (χ3n) is 1.22. The Hall–Kier alpha value is -1.31. The van der Waals surface area contributed by atoms with Crippen LogP contribution in [0.5, 0.6) is 0 Å². The number of nitrogens with zero attached hydrogens (tertiary/aromatic N) is 1. The highest BCUT2D eigenvalue weighted by atomic mass is 16.5. The molecular formula is C9H10NO. The van der Waals surface area contributed by atoms with E-state index in [-0.39, 0.29) is 0 Å². The lowest BCUT2D eigenvalue weighted by molar-refractivity contribution is 0.385. The molecule has 0 aromatic carbocycles. The van der Waals surface area contributed by atoms with E-state index in [1.807, 2.05) is 0 Å². The van der Waals surface area contributed by atoms with Crippen molar-refractivity contribution in [1.29, 1.82) is 0 Å². The molecule has 0 N–H and O–H groups in total. The van der Waals surface area contributed by atoms with E-state index in [1.165, 1.54) is 0 Å². The summed E-state index contributed by atoms with van der Waals surface area (Å²) in [6.45, 7) is 7.17. The highest BCUT2D eigenvalue weighted by molar-refractivity contribution is 5.07. The zero-order valence-electron chi connectivity index (χ0n) is 6.34. The lowest BCUT2D eigenvalue weighted by Gasteiger charge is -1.79. The van der Waals surface area contributed by atoms with Gasteiger partial charge in [0.1, 0.15) is 5.76 Å². The molecular weight excluding hydrogens is 138 g/mol. The van der Waals surface area contributed by atoms with E-state index in [2.05, 4.69) is 24.4 Å². The van der Waals surface area contributed by atoms with E-state index in [9.17, 15) is 0 Å². The summed E-state index contributed by atoms with van der Waals surface area (Å²) in [5.41, 5.74) is 0.803. The fourth-order valence-corrected chi connectivity index (χ4v) is 0.761. The van der Waals surface area contributed by atoms with E-state index in [4.69, 9.17) is 4.52 Å². The van der Waals surface area contributed by atoms with Gasteiger partial charge in [-0.25, -0.2) is 0 Å². The van der Waals surface area contributed by atoms with Crippen molar-refractivity contribution in [2.75, 3.05) is 0 Å². The largest absolute Gasteiger partial charge is 0.360 e. The molecule has 57 valence electrons. The summed E-state index contributed by atoms with van der Waals surface area (Å²) in [5, 5.41) is 3.77. The SMILES string of the molecule is C=CCc1[c]c(CC=C)on1. The van der Waals surface area contributed by atoms with Crippen molar-refractivity contribution >= 4 is 0 Å².